The van der Waals surface area contributed by atoms with E-state index in [1.54, 1.807) is 35.2 Å². The van der Waals surface area contributed by atoms with Crippen molar-refractivity contribution in [2.45, 2.75) is 61.5 Å². The molecule has 1 fully saturated rings. The predicted molar refractivity (Wildman–Crippen MR) is 119 cm³/mol. The molecule has 2 aliphatic rings. The van der Waals surface area contributed by atoms with Crippen LogP contribution in [0.25, 0.3) is 0 Å². The van der Waals surface area contributed by atoms with Crippen LogP contribution in [0.2, 0.25) is 0 Å². The Kier molecular flexibility index (Phi) is 5.83. The molecule has 2 aromatic carbocycles. The smallest absolute Gasteiger partial charge is 0.411 e. The van der Waals surface area contributed by atoms with Gasteiger partial charge in [0.15, 0.2) is 0 Å². The lowest BCUT2D eigenvalue weighted by Crippen LogP contribution is -2.37. The first-order valence-electron chi connectivity index (χ1n) is 10.8. The molecule has 7 heteroatoms. The topological polar surface area (TPSA) is 66.9 Å². The minimum atomic E-state index is -3.53. The van der Waals surface area contributed by atoms with E-state index in [2.05, 4.69) is 4.90 Å². The zero-order valence-corrected chi connectivity index (χ0v) is 19.2. The van der Waals surface area contributed by atoms with E-state index in [4.69, 9.17) is 4.74 Å². The maximum Gasteiger partial charge on any atom is 0.411 e. The minimum absolute atomic E-state index is 0.185. The average Bonchev–Trinajstić information content (AvgIpc) is 3.22. The molecule has 0 spiro atoms. The molecule has 1 unspecified atom stereocenters. The summed E-state index contributed by atoms with van der Waals surface area (Å²) in [7, 11) is -3.53. The van der Waals surface area contributed by atoms with Gasteiger partial charge in [-0.3, -0.25) is 9.80 Å². The summed E-state index contributed by atoms with van der Waals surface area (Å²) in [4.78, 5) is 17.1. The number of benzene rings is 2. The van der Waals surface area contributed by atoms with Gasteiger partial charge in [-0.1, -0.05) is 24.3 Å². The summed E-state index contributed by atoms with van der Waals surface area (Å²) in [5.74, 6) is 0. The number of sulfone groups is 1. The number of fused-ring (bicyclic) bond motifs is 1. The number of amides is 1. The molecule has 0 bridgehead atoms. The molecule has 6 nitrogen and oxygen atoms in total. The van der Waals surface area contributed by atoms with E-state index in [0.717, 1.165) is 31.4 Å². The third kappa shape index (κ3) is 4.62. The number of aryl methyl sites for hydroxylation is 1. The number of carbonyl (C=O) groups is 1. The highest BCUT2D eigenvalue weighted by Crippen LogP contribution is 2.37. The van der Waals surface area contributed by atoms with Crippen LogP contribution in [0.15, 0.2) is 58.3 Å². The highest BCUT2D eigenvalue weighted by atomic mass is 32.2. The second kappa shape index (κ2) is 8.28. The zero-order valence-electron chi connectivity index (χ0n) is 18.4. The van der Waals surface area contributed by atoms with Crippen molar-refractivity contribution in [1.82, 2.24) is 9.80 Å². The Morgan fingerprint density at radius 1 is 1.03 bits per heavy atom. The number of hydrogen-bond acceptors (Lipinski definition) is 5. The van der Waals surface area contributed by atoms with Crippen LogP contribution in [-0.2, 0) is 21.0 Å². The standard InChI is InChI=1S/C24H30N2O4S/c1-24(2,3)30-23(27)26-15-14-25(17-26)22-11-7-8-18-16-20(12-13-21(18)22)31(28,29)19-9-5-4-6-10-19/h4-6,9-10,12-13,16,22H,7-8,11,14-15,17H2,1-3H3. The van der Waals surface area contributed by atoms with Crippen LogP contribution in [0.3, 0.4) is 0 Å². The maximum absolute atomic E-state index is 13.0. The van der Waals surface area contributed by atoms with Crippen molar-refractivity contribution >= 4 is 15.9 Å². The molecule has 2 aromatic rings. The van der Waals surface area contributed by atoms with Gasteiger partial charge in [0, 0.05) is 19.1 Å². The Bertz CT molecular complexity index is 1060. The van der Waals surface area contributed by atoms with Crippen molar-refractivity contribution < 1.29 is 17.9 Å². The van der Waals surface area contributed by atoms with Gasteiger partial charge in [0.25, 0.3) is 0 Å². The Labute approximate surface area is 184 Å². The third-order valence-corrected chi connectivity index (χ3v) is 7.63. The van der Waals surface area contributed by atoms with Gasteiger partial charge in [-0.2, -0.15) is 0 Å². The summed E-state index contributed by atoms with van der Waals surface area (Å²) in [5, 5.41) is 0. The lowest BCUT2D eigenvalue weighted by Gasteiger charge is -2.33. The van der Waals surface area contributed by atoms with Crippen LogP contribution in [0.1, 0.15) is 50.8 Å². The van der Waals surface area contributed by atoms with Crippen LogP contribution < -0.4 is 0 Å². The summed E-state index contributed by atoms with van der Waals surface area (Å²) in [6.45, 7) is 7.57. The van der Waals surface area contributed by atoms with E-state index in [0.29, 0.717) is 23.0 Å². The second-order valence-electron chi connectivity index (χ2n) is 9.28. The highest BCUT2D eigenvalue weighted by molar-refractivity contribution is 7.91. The molecule has 0 aromatic heterocycles. The van der Waals surface area contributed by atoms with Gasteiger partial charge in [0.2, 0.25) is 9.84 Å². The number of ether oxygens (including phenoxy) is 1. The fraction of sp³-hybridized carbons (Fsp3) is 0.458. The monoisotopic (exact) mass is 442 g/mol. The Hall–Kier alpha value is -2.38. The highest BCUT2D eigenvalue weighted by Gasteiger charge is 2.34. The molecule has 4 rings (SSSR count). The van der Waals surface area contributed by atoms with Gasteiger partial charge in [0.05, 0.1) is 16.5 Å². The van der Waals surface area contributed by atoms with Gasteiger partial charge in [0.1, 0.15) is 5.60 Å². The van der Waals surface area contributed by atoms with Gasteiger partial charge < -0.3 is 4.74 Å². The number of rotatable bonds is 3. The lowest BCUT2D eigenvalue weighted by atomic mass is 9.87. The molecular formula is C24H30N2O4S. The Morgan fingerprint density at radius 3 is 2.48 bits per heavy atom. The van der Waals surface area contributed by atoms with E-state index in [9.17, 15) is 13.2 Å². The molecular weight excluding hydrogens is 412 g/mol. The van der Waals surface area contributed by atoms with Crippen LogP contribution in [0, 0.1) is 0 Å². The third-order valence-electron chi connectivity index (χ3n) is 5.86. The predicted octanol–water partition coefficient (Wildman–Crippen LogP) is 4.41. The van der Waals surface area contributed by atoms with Gasteiger partial charge in [-0.15, -0.1) is 0 Å². The SMILES string of the molecule is CC(C)(C)OC(=O)N1CCN(C2CCCc3cc(S(=O)(=O)c4ccccc4)ccc32)C1. The van der Waals surface area contributed by atoms with Crippen LogP contribution in [0.5, 0.6) is 0 Å². The summed E-state index contributed by atoms with van der Waals surface area (Å²) in [6, 6.07) is 14.3. The summed E-state index contributed by atoms with van der Waals surface area (Å²) < 4.78 is 31.6. The maximum atomic E-state index is 13.0. The normalized spacial score (nSPS) is 19.8. The Morgan fingerprint density at radius 2 is 1.77 bits per heavy atom. The summed E-state index contributed by atoms with van der Waals surface area (Å²) in [6.07, 6.45) is 2.58. The molecule has 1 aliphatic heterocycles. The van der Waals surface area contributed by atoms with Crippen molar-refractivity contribution in [3.8, 4) is 0 Å². The molecule has 31 heavy (non-hydrogen) atoms. The van der Waals surface area contributed by atoms with Gasteiger partial charge in [-0.25, -0.2) is 13.2 Å². The second-order valence-corrected chi connectivity index (χ2v) is 11.2. The van der Waals surface area contributed by atoms with Crippen molar-refractivity contribution in [3.63, 3.8) is 0 Å². The van der Waals surface area contributed by atoms with Crippen molar-refractivity contribution in [3.05, 3.63) is 59.7 Å². The fourth-order valence-electron chi connectivity index (χ4n) is 4.39. The molecule has 0 N–H and O–H groups in total. The molecule has 166 valence electrons. The molecule has 1 heterocycles. The summed E-state index contributed by atoms with van der Waals surface area (Å²) in [5.41, 5.74) is 1.75. The molecule has 1 atom stereocenters. The molecule has 1 aliphatic carbocycles. The number of carbonyl (C=O) groups excluding carboxylic acids is 1. The first-order chi connectivity index (χ1) is 14.6. The van der Waals surface area contributed by atoms with Crippen molar-refractivity contribution in [2.75, 3.05) is 19.8 Å². The van der Waals surface area contributed by atoms with Crippen molar-refractivity contribution in [1.29, 1.82) is 0 Å². The van der Waals surface area contributed by atoms with E-state index < -0.39 is 15.4 Å². The molecule has 0 saturated carbocycles. The van der Waals surface area contributed by atoms with E-state index >= 15 is 0 Å². The van der Waals surface area contributed by atoms with E-state index in [1.807, 2.05) is 39.0 Å². The first kappa shape index (κ1) is 21.8. The fourth-order valence-corrected chi connectivity index (χ4v) is 5.72. The largest absolute Gasteiger partial charge is 0.444 e. The van der Waals surface area contributed by atoms with Crippen molar-refractivity contribution in [2.24, 2.45) is 0 Å². The summed E-state index contributed by atoms with van der Waals surface area (Å²) >= 11 is 0. The molecule has 1 saturated heterocycles. The van der Waals surface area contributed by atoms with Crippen LogP contribution >= 0.6 is 0 Å². The average molecular weight is 443 g/mol. The number of nitrogens with zero attached hydrogens (tertiary/aromatic N) is 2. The minimum Gasteiger partial charge on any atom is -0.444 e. The first-order valence-corrected chi connectivity index (χ1v) is 12.3. The molecule has 1 amide bonds. The van der Waals surface area contributed by atoms with E-state index in [1.165, 1.54) is 5.56 Å². The van der Waals surface area contributed by atoms with Crippen LogP contribution in [-0.4, -0.2) is 49.7 Å². The quantitative estimate of drug-likeness (QED) is 0.705. The lowest BCUT2D eigenvalue weighted by molar-refractivity contribution is 0.0249. The zero-order chi connectivity index (χ0) is 22.2. The van der Waals surface area contributed by atoms with Gasteiger partial charge >= 0.3 is 6.09 Å². The molecule has 0 radical (unpaired) electrons. The number of hydrogen-bond donors (Lipinski definition) is 0. The van der Waals surface area contributed by atoms with Gasteiger partial charge in [-0.05, 0) is 75.4 Å². The van der Waals surface area contributed by atoms with E-state index in [-0.39, 0.29) is 12.1 Å². The Balaban J connectivity index is 1.54. The van der Waals surface area contributed by atoms with Crippen LogP contribution in [0.4, 0.5) is 4.79 Å².